The summed E-state index contributed by atoms with van der Waals surface area (Å²) >= 11 is 0. The largest absolute Gasteiger partial charge is 0.395 e. The van der Waals surface area contributed by atoms with Gasteiger partial charge in [0.15, 0.2) is 0 Å². The number of carbonyl (C=O) groups is 2. The fourth-order valence-electron chi connectivity index (χ4n) is 4.30. The summed E-state index contributed by atoms with van der Waals surface area (Å²) in [6.07, 6.45) is 7.50. The van der Waals surface area contributed by atoms with E-state index in [-0.39, 0.29) is 25.0 Å². The van der Waals surface area contributed by atoms with Gasteiger partial charge in [0, 0.05) is 31.2 Å². The van der Waals surface area contributed by atoms with Gasteiger partial charge in [0.05, 0.1) is 24.0 Å². The molecule has 27 heavy (non-hydrogen) atoms. The number of carbonyl (C=O) groups excluding carboxylic acids is 2. The fraction of sp³-hybridized carbons (Fsp3) is 0.550. The first kappa shape index (κ1) is 18.0. The van der Waals surface area contributed by atoms with E-state index in [2.05, 4.69) is 4.98 Å². The zero-order valence-electron chi connectivity index (χ0n) is 15.5. The molecule has 0 unspecified atom stereocenters. The van der Waals surface area contributed by atoms with E-state index in [1.165, 1.54) is 19.3 Å². The number of nitrogens with zero attached hydrogens (tertiary/aromatic N) is 4. The Bertz CT molecular complexity index is 841. The van der Waals surface area contributed by atoms with Crippen LogP contribution >= 0.6 is 0 Å². The van der Waals surface area contributed by atoms with E-state index in [1.54, 1.807) is 23.4 Å². The van der Waals surface area contributed by atoms with Crippen LogP contribution in [0.5, 0.6) is 0 Å². The van der Waals surface area contributed by atoms with Crippen LogP contribution in [-0.2, 0) is 11.3 Å². The Morgan fingerprint density at radius 2 is 2.00 bits per heavy atom. The number of amides is 2. The van der Waals surface area contributed by atoms with Gasteiger partial charge in [-0.2, -0.15) is 0 Å². The number of aliphatic hydroxyl groups is 1. The summed E-state index contributed by atoms with van der Waals surface area (Å²) in [5, 5.41) is 9.11. The first-order valence-electron chi connectivity index (χ1n) is 9.82. The highest BCUT2D eigenvalue weighted by atomic mass is 16.3. The number of aromatic nitrogens is 2. The van der Waals surface area contributed by atoms with Crippen LogP contribution < -0.4 is 0 Å². The van der Waals surface area contributed by atoms with Crippen molar-refractivity contribution in [3.05, 3.63) is 30.1 Å². The van der Waals surface area contributed by atoms with Gasteiger partial charge < -0.3 is 19.5 Å². The molecule has 1 aliphatic carbocycles. The van der Waals surface area contributed by atoms with Crippen LogP contribution in [0.15, 0.2) is 24.5 Å². The van der Waals surface area contributed by atoms with Crippen LogP contribution in [0.4, 0.5) is 0 Å². The number of piperazine rings is 1. The van der Waals surface area contributed by atoms with E-state index in [9.17, 15) is 9.59 Å². The Balaban J connectivity index is 1.45. The highest BCUT2D eigenvalue weighted by Crippen LogP contribution is 2.24. The maximum atomic E-state index is 12.9. The lowest BCUT2D eigenvalue weighted by molar-refractivity contribution is -0.138. The highest BCUT2D eigenvalue weighted by Gasteiger charge is 2.32. The van der Waals surface area contributed by atoms with Gasteiger partial charge in [0.1, 0.15) is 6.54 Å². The summed E-state index contributed by atoms with van der Waals surface area (Å²) in [6, 6.07) is 5.75. The van der Waals surface area contributed by atoms with Crippen molar-refractivity contribution in [2.45, 2.75) is 44.7 Å². The summed E-state index contributed by atoms with van der Waals surface area (Å²) in [5.41, 5.74) is 2.16. The molecule has 1 aromatic carbocycles. The predicted molar refractivity (Wildman–Crippen MR) is 101 cm³/mol. The minimum absolute atomic E-state index is 0.0412. The average molecular weight is 370 g/mol. The molecule has 2 heterocycles. The van der Waals surface area contributed by atoms with E-state index in [4.69, 9.17) is 5.11 Å². The molecule has 7 heteroatoms. The Kier molecular flexibility index (Phi) is 5.11. The Hall–Kier alpha value is -2.41. The standard InChI is InChI=1S/C20H26N4O3/c25-11-10-23-14-21-17-12-15(6-7-18(17)23)20(27)22-8-9-24(19(26)13-22)16-4-2-1-3-5-16/h6-7,12,14,16,25H,1-5,8-11,13H2. The van der Waals surface area contributed by atoms with Crippen molar-refractivity contribution in [2.75, 3.05) is 26.2 Å². The average Bonchev–Trinajstić information content (AvgIpc) is 3.10. The molecule has 1 aromatic heterocycles. The summed E-state index contributed by atoms with van der Waals surface area (Å²) in [7, 11) is 0. The molecule has 0 bridgehead atoms. The molecule has 2 aliphatic rings. The molecule has 0 spiro atoms. The smallest absolute Gasteiger partial charge is 0.254 e. The van der Waals surface area contributed by atoms with Crippen molar-refractivity contribution in [1.29, 1.82) is 0 Å². The highest BCUT2D eigenvalue weighted by molar-refractivity contribution is 5.99. The number of rotatable bonds is 4. The lowest BCUT2D eigenvalue weighted by atomic mass is 9.93. The van der Waals surface area contributed by atoms with Crippen molar-refractivity contribution in [1.82, 2.24) is 19.4 Å². The first-order chi connectivity index (χ1) is 13.2. The quantitative estimate of drug-likeness (QED) is 0.888. The number of benzene rings is 1. The summed E-state index contributed by atoms with van der Waals surface area (Å²) in [6.45, 7) is 1.88. The van der Waals surface area contributed by atoms with Gasteiger partial charge in [-0.3, -0.25) is 9.59 Å². The molecular weight excluding hydrogens is 344 g/mol. The van der Waals surface area contributed by atoms with Gasteiger partial charge in [-0.1, -0.05) is 19.3 Å². The third-order valence-electron chi connectivity index (χ3n) is 5.77. The Morgan fingerprint density at radius 1 is 1.19 bits per heavy atom. The summed E-state index contributed by atoms with van der Waals surface area (Å²) in [5.74, 6) is -0.0555. The van der Waals surface area contributed by atoms with Gasteiger partial charge in [0.2, 0.25) is 5.91 Å². The Labute approximate surface area is 158 Å². The zero-order chi connectivity index (χ0) is 18.8. The number of hydrogen-bond acceptors (Lipinski definition) is 4. The number of aliphatic hydroxyl groups excluding tert-OH is 1. The van der Waals surface area contributed by atoms with Gasteiger partial charge in [0.25, 0.3) is 5.91 Å². The minimum atomic E-state index is -0.120. The molecule has 1 saturated carbocycles. The monoisotopic (exact) mass is 370 g/mol. The van der Waals surface area contributed by atoms with Crippen LogP contribution in [0.25, 0.3) is 11.0 Å². The van der Waals surface area contributed by atoms with E-state index < -0.39 is 0 Å². The molecule has 4 rings (SSSR count). The SMILES string of the molecule is O=C(c1ccc2c(c1)ncn2CCO)N1CCN(C2CCCCC2)C(=O)C1. The van der Waals surface area contributed by atoms with Crippen LogP contribution in [0, 0.1) is 0 Å². The molecule has 1 aliphatic heterocycles. The normalized spacial score (nSPS) is 19.1. The molecule has 7 nitrogen and oxygen atoms in total. The first-order valence-corrected chi connectivity index (χ1v) is 9.82. The second-order valence-electron chi connectivity index (χ2n) is 7.47. The van der Waals surface area contributed by atoms with E-state index in [1.807, 2.05) is 15.5 Å². The van der Waals surface area contributed by atoms with E-state index in [0.29, 0.717) is 31.2 Å². The maximum Gasteiger partial charge on any atom is 0.254 e. The number of imidazole rings is 1. The number of fused-ring (bicyclic) bond motifs is 1. The zero-order valence-corrected chi connectivity index (χ0v) is 15.5. The van der Waals surface area contributed by atoms with Crippen molar-refractivity contribution in [3.8, 4) is 0 Å². The fourth-order valence-corrected chi connectivity index (χ4v) is 4.30. The van der Waals surface area contributed by atoms with Crippen molar-refractivity contribution in [2.24, 2.45) is 0 Å². The molecule has 2 fully saturated rings. The second kappa shape index (κ2) is 7.68. The van der Waals surface area contributed by atoms with Crippen LogP contribution in [-0.4, -0.2) is 68.6 Å². The Morgan fingerprint density at radius 3 is 2.74 bits per heavy atom. The van der Waals surface area contributed by atoms with Crippen molar-refractivity contribution in [3.63, 3.8) is 0 Å². The summed E-state index contributed by atoms with van der Waals surface area (Å²) in [4.78, 5) is 33.5. The lowest BCUT2D eigenvalue weighted by Crippen LogP contribution is -2.55. The summed E-state index contributed by atoms with van der Waals surface area (Å²) < 4.78 is 1.86. The molecular formula is C20H26N4O3. The molecule has 2 aromatic rings. The third kappa shape index (κ3) is 3.56. The van der Waals surface area contributed by atoms with Crippen LogP contribution in [0.2, 0.25) is 0 Å². The molecule has 0 radical (unpaired) electrons. The number of hydrogen-bond donors (Lipinski definition) is 1. The topological polar surface area (TPSA) is 78.7 Å². The predicted octanol–water partition coefficient (Wildman–Crippen LogP) is 1.65. The maximum absolute atomic E-state index is 12.9. The van der Waals surface area contributed by atoms with E-state index in [0.717, 1.165) is 23.9 Å². The molecule has 0 atom stereocenters. The van der Waals surface area contributed by atoms with Gasteiger partial charge in [-0.05, 0) is 31.0 Å². The molecule has 1 N–H and O–H groups in total. The van der Waals surface area contributed by atoms with Crippen molar-refractivity contribution >= 4 is 22.8 Å². The lowest BCUT2D eigenvalue weighted by Gasteiger charge is -2.40. The van der Waals surface area contributed by atoms with Gasteiger partial charge >= 0.3 is 0 Å². The molecule has 2 amide bonds. The third-order valence-corrected chi connectivity index (χ3v) is 5.77. The van der Waals surface area contributed by atoms with Gasteiger partial charge in [-0.15, -0.1) is 0 Å². The van der Waals surface area contributed by atoms with Crippen molar-refractivity contribution < 1.29 is 14.7 Å². The van der Waals surface area contributed by atoms with Crippen LogP contribution in [0.1, 0.15) is 42.5 Å². The van der Waals surface area contributed by atoms with E-state index >= 15 is 0 Å². The molecule has 144 valence electrons. The minimum Gasteiger partial charge on any atom is -0.395 e. The molecule has 1 saturated heterocycles. The van der Waals surface area contributed by atoms with Gasteiger partial charge in [-0.25, -0.2) is 4.98 Å². The van der Waals surface area contributed by atoms with Crippen LogP contribution in [0.3, 0.4) is 0 Å². The second-order valence-corrected chi connectivity index (χ2v) is 7.47.